The fourth-order valence-corrected chi connectivity index (χ4v) is 2.15. The van der Waals surface area contributed by atoms with Gasteiger partial charge >= 0.3 is 0 Å². The number of hydrogen-bond acceptors (Lipinski definition) is 3. The minimum absolute atomic E-state index is 0.0668. The molecule has 0 saturated carbocycles. The van der Waals surface area contributed by atoms with Crippen LogP contribution in [0.4, 0.5) is 0 Å². The molecule has 0 heterocycles. The molecule has 0 spiro atoms. The zero-order valence-electron chi connectivity index (χ0n) is 12.9. The molecule has 0 aliphatic carbocycles. The molecule has 0 aliphatic rings. The van der Waals surface area contributed by atoms with Gasteiger partial charge in [0.1, 0.15) is 0 Å². The first-order valence-electron chi connectivity index (χ1n) is 7.47. The number of nitrogens with one attached hydrogen (secondary N) is 1. The molecule has 0 saturated heterocycles. The molecule has 0 unspecified atom stereocenters. The highest BCUT2D eigenvalue weighted by Crippen LogP contribution is 2.05. The fraction of sp³-hybridized carbons (Fsp3) is 0.500. The van der Waals surface area contributed by atoms with Gasteiger partial charge in [0.05, 0.1) is 0 Å². The number of amides is 2. The van der Waals surface area contributed by atoms with Crippen LogP contribution >= 0.6 is 0 Å². The Balaban J connectivity index is 2.47. The number of benzene rings is 1. The van der Waals surface area contributed by atoms with E-state index in [9.17, 15) is 9.59 Å². The summed E-state index contributed by atoms with van der Waals surface area (Å²) in [6.45, 7) is 6.21. The Morgan fingerprint density at radius 3 is 2.57 bits per heavy atom. The molecule has 5 nitrogen and oxygen atoms in total. The van der Waals surface area contributed by atoms with Crippen molar-refractivity contribution >= 4 is 11.8 Å². The summed E-state index contributed by atoms with van der Waals surface area (Å²) >= 11 is 0. The molecule has 0 bridgehead atoms. The van der Waals surface area contributed by atoms with Crippen LogP contribution in [0.2, 0.25) is 0 Å². The van der Waals surface area contributed by atoms with Gasteiger partial charge in [-0.15, -0.1) is 0 Å². The van der Waals surface area contributed by atoms with Crippen molar-refractivity contribution in [2.24, 2.45) is 5.73 Å². The van der Waals surface area contributed by atoms with E-state index in [4.69, 9.17) is 5.73 Å². The van der Waals surface area contributed by atoms with Crippen LogP contribution in [0.25, 0.3) is 0 Å². The maximum Gasteiger partial charge on any atom is 0.251 e. The molecule has 1 rings (SSSR count). The highest BCUT2D eigenvalue weighted by Gasteiger charge is 2.10. The highest BCUT2D eigenvalue weighted by molar-refractivity contribution is 5.94. The predicted octanol–water partition coefficient (Wildman–Crippen LogP) is 1.18. The Labute approximate surface area is 126 Å². The summed E-state index contributed by atoms with van der Waals surface area (Å²) in [5, 5.41) is 2.78. The van der Waals surface area contributed by atoms with Crippen molar-refractivity contribution in [1.29, 1.82) is 0 Å². The highest BCUT2D eigenvalue weighted by atomic mass is 16.2. The van der Waals surface area contributed by atoms with E-state index in [1.165, 1.54) is 0 Å². The Kier molecular flexibility index (Phi) is 7.46. The summed E-state index contributed by atoms with van der Waals surface area (Å²) in [6, 6.07) is 7.41. The van der Waals surface area contributed by atoms with Gasteiger partial charge in [0.25, 0.3) is 5.91 Å². The number of carbonyl (C=O) groups excluding carboxylic acids is 2. The first-order valence-corrected chi connectivity index (χ1v) is 7.47. The van der Waals surface area contributed by atoms with Crippen molar-refractivity contribution < 1.29 is 9.59 Å². The number of rotatable bonds is 8. The van der Waals surface area contributed by atoms with Crippen molar-refractivity contribution in [3.8, 4) is 0 Å². The van der Waals surface area contributed by atoms with E-state index in [-0.39, 0.29) is 11.8 Å². The van der Waals surface area contributed by atoms with Crippen LogP contribution in [-0.4, -0.2) is 42.9 Å². The Morgan fingerprint density at radius 1 is 1.24 bits per heavy atom. The van der Waals surface area contributed by atoms with Crippen LogP contribution in [0, 0.1) is 0 Å². The predicted molar refractivity (Wildman–Crippen MR) is 84.1 cm³/mol. The van der Waals surface area contributed by atoms with Crippen molar-refractivity contribution in [3.63, 3.8) is 0 Å². The lowest BCUT2D eigenvalue weighted by Crippen LogP contribution is -2.34. The average molecular weight is 291 g/mol. The van der Waals surface area contributed by atoms with Crippen LogP contribution in [0.1, 0.15) is 36.2 Å². The third-order valence-electron chi connectivity index (χ3n) is 3.36. The van der Waals surface area contributed by atoms with E-state index in [0.29, 0.717) is 38.2 Å². The number of nitrogens with zero attached hydrogens (tertiary/aromatic N) is 1. The molecular weight excluding hydrogens is 266 g/mol. The van der Waals surface area contributed by atoms with E-state index < -0.39 is 0 Å². The lowest BCUT2D eigenvalue weighted by molar-refractivity contribution is -0.130. The zero-order valence-corrected chi connectivity index (χ0v) is 12.9. The molecular formula is C16H25N3O2. The van der Waals surface area contributed by atoms with Gasteiger partial charge in [-0.1, -0.05) is 12.1 Å². The van der Waals surface area contributed by atoms with Gasteiger partial charge in [-0.25, -0.2) is 0 Å². The van der Waals surface area contributed by atoms with Crippen molar-refractivity contribution in [2.75, 3.05) is 26.2 Å². The molecule has 3 N–H and O–H groups in total. The number of nitrogens with two attached hydrogens (primary N) is 1. The first kappa shape index (κ1) is 17.2. The summed E-state index contributed by atoms with van der Waals surface area (Å²) in [4.78, 5) is 25.6. The van der Waals surface area contributed by atoms with Gasteiger partial charge in [0.15, 0.2) is 0 Å². The number of carbonyl (C=O) groups is 2. The van der Waals surface area contributed by atoms with Gasteiger partial charge in [-0.2, -0.15) is 0 Å². The zero-order chi connectivity index (χ0) is 15.7. The second kappa shape index (κ2) is 9.13. The molecule has 0 fully saturated rings. The van der Waals surface area contributed by atoms with Crippen molar-refractivity contribution in [3.05, 3.63) is 35.4 Å². The first-order chi connectivity index (χ1) is 10.1. The standard InChI is InChI=1S/C16H25N3O2/c1-3-19(4-2)15(20)9-11-18-16(21)14-7-5-6-13(12-14)8-10-17/h5-7,12H,3-4,8-11,17H2,1-2H3,(H,18,21). The second-order valence-electron chi connectivity index (χ2n) is 4.81. The van der Waals surface area contributed by atoms with Crippen LogP contribution in [0.15, 0.2) is 24.3 Å². The molecule has 0 aromatic heterocycles. The van der Waals surface area contributed by atoms with Gasteiger partial charge in [-0.05, 0) is 44.5 Å². The Hall–Kier alpha value is -1.88. The van der Waals surface area contributed by atoms with Gasteiger partial charge in [0, 0.05) is 31.6 Å². The number of hydrogen-bond donors (Lipinski definition) is 2. The molecule has 2 amide bonds. The van der Waals surface area contributed by atoms with Crippen LogP contribution < -0.4 is 11.1 Å². The van der Waals surface area contributed by atoms with Gasteiger partial charge < -0.3 is 16.0 Å². The topological polar surface area (TPSA) is 75.4 Å². The smallest absolute Gasteiger partial charge is 0.251 e. The van der Waals surface area contributed by atoms with Crippen molar-refractivity contribution in [1.82, 2.24) is 10.2 Å². The van der Waals surface area contributed by atoms with E-state index >= 15 is 0 Å². The second-order valence-corrected chi connectivity index (χ2v) is 4.81. The molecule has 0 aliphatic heterocycles. The molecule has 116 valence electrons. The minimum atomic E-state index is -0.152. The monoisotopic (exact) mass is 291 g/mol. The minimum Gasteiger partial charge on any atom is -0.352 e. The quantitative estimate of drug-likeness (QED) is 0.755. The van der Waals surface area contributed by atoms with Gasteiger partial charge in [0.2, 0.25) is 5.91 Å². The summed E-state index contributed by atoms with van der Waals surface area (Å²) in [5.74, 6) is -0.0848. The summed E-state index contributed by atoms with van der Waals surface area (Å²) in [7, 11) is 0. The summed E-state index contributed by atoms with van der Waals surface area (Å²) in [5.41, 5.74) is 7.17. The van der Waals surface area contributed by atoms with Crippen LogP contribution in [-0.2, 0) is 11.2 Å². The Bertz CT molecular complexity index is 470. The molecule has 5 heteroatoms. The van der Waals surface area contributed by atoms with E-state index in [1.807, 2.05) is 32.0 Å². The average Bonchev–Trinajstić information content (AvgIpc) is 2.49. The maximum atomic E-state index is 12.0. The van der Waals surface area contributed by atoms with Gasteiger partial charge in [-0.3, -0.25) is 9.59 Å². The van der Waals surface area contributed by atoms with E-state index in [1.54, 1.807) is 11.0 Å². The molecule has 0 radical (unpaired) electrons. The molecule has 0 atom stereocenters. The van der Waals surface area contributed by atoms with E-state index in [2.05, 4.69) is 5.32 Å². The molecule has 1 aromatic rings. The van der Waals surface area contributed by atoms with E-state index in [0.717, 1.165) is 12.0 Å². The SMILES string of the molecule is CCN(CC)C(=O)CCNC(=O)c1cccc(CCN)c1. The summed E-state index contributed by atoms with van der Waals surface area (Å²) in [6.07, 6.45) is 1.08. The lowest BCUT2D eigenvalue weighted by atomic mass is 10.1. The normalized spacial score (nSPS) is 10.2. The molecule has 1 aromatic carbocycles. The van der Waals surface area contributed by atoms with Crippen LogP contribution in [0.5, 0.6) is 0 Å². The fourth-order valence-electron chi connectivity index (χ4n) is 2.15. The third kappa shape index (κ3) is 5.55. The molecule has 21 heavy (non-hydrogen) atoms. The largest absolute Gasteiger partial charge is 0.352 e. The Morgan fingerprint density at radius 2 is 1.95 bits per heavy atom. The van der Waals surface area contributed by atoms with Crippen LogP contribution in [0.3, 0.4) is 0 Å². The maximum absolute atomic E-state index is 12.0. The third-order valence-corrected chi connectivity index (χ3v) is 3.36. The van der Waals surface area contributed by atoms with Crippen molar-refractivity contribution in [2.45, 2.75) is 26.7 Å². The summed E-state index contributed by atoms with van der Waals surface area (Å²) < 4.78 is 0. The lowest BCUT2D eigenvalue weighted by Gasteiger charge is -2.18.